The number of Topliss-reactive ketones (excluding diaryl/α,β-unsaturated/α-hetero) is 1. The SMILES string of the molecule is C[C@H]1CN(C2CC2)C[C@@H]1CC(=O)c1ccc2c(c1)NC(=O)C2. The van der Waals surface area contributed by atoms with E-state index in [4.69, 9.17) is 0 Å². The van der Waals surface area contributed by atoms with E-state index < -0.39 is 0 Å². The van der Waals surface area contributed by atoms with Crippen LogP contribution in [0.3, 0.4) is 0 Å². The molecule has 2 heterocycles. The van der Waals surface area contributed by atoms with Crippen molar-refractivity contribution in [3.05, 3.63) is 29.3 Å². The molecule has 22 heavy (non-hydrogen) atoms. The molecule has 1 saturated carbocycles. The van der Waals surface area contributed by atoms with Crippen LogP contribution in [0.5, 0.6) is 0 Å². The summed E-state index contributed by atoms with van der Waals surface area (Å²) >= 11 is 0. The van der Waals surface area contributed by atoms with E-state index in [0.717, 1.165) is 35.9 Å². The average Bonchev–Trinajstić information content (AvgIpc) is 3.17. The predicted molar refractivity (Wildman–Crippen MR) is 85.0 cm³/mol. The Morgan fingerprint density at radius 2 is 2.14 bits per heavy atom. The monoisotopic (exact) mass is 298 g/mol. The molecule has 4 heteroatoms. The smallest absolute Gasteiger partial charge is 0.228 e. The number of likely N-dealkylation sites (tertiary alicyclic amines) is 1. The van der Waals surface area contributed by atoms with Gasteiger partial charge < -0.3 is 5.32 Å². The zero-order chi connectivity index (χ0) is 15.3. The van der Waals surface area contributed by atoms with Gasteiger partial charge in [-0.2, -0.15) is 0 Å². The van der Waals surface area contributed by atoms with Gasteiger partial charge in [0.2, 0.25) is 5.91 Å². The highest BCUT2D eigenvalue weighted by atomic mass is 16.1. The van der Waals surface area contributed by atoms with Crippen LogP contribution in [0.4, 0.5) is 5.69 Å². The van der Waals surface area contributed by atoms with Crippen molar-refractivity contribution in [3.8, 4) is 0 Å². The fourth-order valence-electron chi connectivity index (χ4n) is 3.82. The van der Waals surface area contributed by atoms with Crippen molar-refractivity contribution in [2.45, 2.75) is 38.6 Å². The van der Waals surface area contributed by atoms with Crippen molar-refractivity contribution in [1.82, 2.24) is 4.90 Å². The summed E-state index contributed by atoms with van der Waals surface area (Å²) < 4.78 is 0. The maximum Gasteiger partial charge on any atom is 0.228 e. The Kier molecular flexibility index (Phi) is 3.30. The summed E-state index contributed by atoms with van der Waals surface area (Å²) in [5.41, 5.74) is 2.55. The first-order valence-electron chi connectivity index (χ1n) is 8.30. The van der Waals surface area contributed by atoms with Crippen LogP contribution >= 0.6 is 0 Å². The first kappa shape index (κ1) is 13.9. The molecule has 2 fully saturated rings. The number of carbonyl (C=O) groups is 2. The van der Waals surface area contributed by atoms with Crippen molar-refractivity contribution in [3.63, 3.8) is 0 Å². The highest BCUT2D eigenvalue weighted by Gasteiger charge is 2.38. The number of rotatable bonds is 4. The zero-order valence-corrected chi connectivity index (χ0v) is 13.0. The van der Waals surface area contributed by atoms with E-state index in [1.165, 1.54) is 12.8 Å². The van der Waals surface area contributed by atoms with Crippen LogP contribution < -0.4 is 5.32 Å². The number of nitrogens with zero attached hydrogens (tertiary/aromatic N) is 1. The summed E-state index contributed by atoms with van der Waals surface area (Å²) in [6, 6.07) is 6.42. The Morgan fingerprint density at radius 3 is 2.91 bits per heavy atom. The molecule has 0 bridgehead atoms. The fourth-order valence-corrected chi connectivity index (χ4v) is 3.82. The molecule has 2 aliphatic heterocycles. The standard InChI is InChI=1S/C18H22N2O2/c1-11-9-20(15-4-5-15)10-14(11)7-17(21)13-3-2-12-8-18(22)19-16(12)6-13/h2-3,6,11,14-15H,4-5,7-10H2,1H3,(H,19,22)/t11-,14-/m0/s1. The van der Waals surface area contributed by atoms with Crippen LogP contribution in [0.2, 0.25) is 0 Å². The number of nitrogens with one attached hydrogen (secondary N) is 1. The lowest BCUT2D eigenvalue weighted by Gasteiger charge is -2.14. The third-order valence-corrected chi connectivity index (χ3v) is 5.36. The molecule has 1 N–H and O–H groups in total. The molecule has 1 amide bonds. The Hall–Kier alpha value is -1.68. The molecule has 0 spiro atoms. The minimum Gasteiger partial charge on any atom is -0.326 e. The second kappa shape index (κ2) is 5.20. The Balaban J connectivity index is 1.44. The highest BCUT2D eigenvalue weighted by Crippen LogP contribution is 2.36. The second-order valence-corrected chi connectivity index (χ2v) is 7.15. The van der Waals surface area contributed by atoms with Crippen LogP contribution in [0.15, 0.2) is 18.2 Å². The molecule has 116 valence electrons. The number of hydrogen-bond donors (Lipinski definition) is 1. The molecule has 3 aliphatic rings. The molecule has 0 aromatic heterocycles. The van der Waals surface area contributed by atoms with Crippen LogP contribution in [-0.4, -0.2) is 35.7 Å². The summed E-state index contributed by atoms with van der Waals surface area (Å²) in [6.45, 7) is 4.48. The molecule has 0 radical (unpaired) electrons. The molecule has 4 rings (SSSR count). The molecular weight excluding hydrogens is 276 g/mol. The van der Waals surface area contributed by atoms with Gasteiger partial charge in [-0.3, -0.25) is 14.5 Å². The van der Waals surface area contributed by atoms with Crippen molar-refractivity contribution >= 4 is 17.4 Å². The van der Waals surface area contributed by atoms with Gasteiger partial charge in [0.25, 0.3) is 0 Å². The number of fused-ring (bicyclic) bond motifs is 1. The maximum atomic E-state index is 12.6. The number of carbonyl (C=O) groups excluding carboxylic acids is 2. The first-order valence-corrected chi connectivity index (χ1v) is 8.30. The molecular formula is C18H22N2O2. The van der Waals surface area contributed by atoms with E-state index >= 15 is 0 Å². The lowest BCUT2D eigenvalue weighted by Crippen LogP contribution is -2.23. The number of benzene rings is 1. The summed E-state index contributed by atoms with van der Waals surface area (Å²) in [5, 5.41) is 2.83. The minimum atomic E-state index is 0.0177. The Morgan fingerprint density at radius 1 is 1.32 bits per heavy atom. The van der Waals surface area contributed by atoms with Crippen molar-refractivity contribution in [2.75, 3.05) is 18.4 Å². The van der Waals surface area contributed by atoms with E-state index in [1.54, 1.807) is 0 Å². The molecule has 2 atom stereocenters. The third-order valence-electron chi connectivity index (χ3n) is 5.36. The molecule has 1 aromatic rings. The van der Waals surface area contributed by atoms with Gasteiger partial charge in [0, 0.05) is 36.8 Å². The van der Waals surface area contributed by atoms with E-state index in [9.17, 15) is 9.59 Å². The van der Waals surface area contributed by atoms with Gasteiger partial charge in [-0.05, 0) is 36.3 Å². The van der Waals surface area contributed by atoms with Crippen LogP contribution in [0.25, 0.3) is 0 Å². The van der Waals surface area contributed by atoms with Gasteiger partial charge >= 0.3 is 0 Å². The number of ketones is 1. The molecule has 4 nitrogen and oxygen atoms in total. The summed E-state index contributed by atoms with van der Waals surface area (Å²) in [6.07, 6.45) is 3.72. The van der Waals surface area contributed by atoms with Gasteiger partial charge in [0.05, 0.1) is 6.42 Å². The average molecular weight is 298 g/mol. The molecule has 0 unspecified atom stereocenters. The lowest BCUT2D eigenvalue weighted by atomic mass is 9.90. The van der Waals surface area contributed by atoms with Crippen molar-refractivity contribution < 1.29 is 9.59 Å². The maximum absolute atomic E-state index is 12.6. The van der Waals surface area contributed by atoms with Gasteiger partial charge in [0.1, 0.15) is 0 Å². The topological polar surface area (TPSA) is 49.4 Å². The van der Waals surface area contributed by atoms with E-state index in [2.05, 4.69) is 17.1 Å². The van der Waals surface area contributed by atoms with Crippen molar-refractivity contribution in [1.29, 1.82) is 0 Å². The molecule has 1 aliphatic carbocycles. The largest absolute Gasteiger partial charge is 0.326 e. The molecule has 1 saturated heterocycles. The Bertz CT molecular complexity index is 636. The fraction of sp³-hybridized carbons (Fsp3) is 0.556. The van der Waals surface area contributed by atoms with Crippen molar-refractivity contribution in [2.24, 2.45) is 11.8 Å². The third kappa shape index (κ3) is 2.56. The minimum absolute atomic E-state index is 0.0177. The lowest BCUT2D eigenvalue weighted by molar-refractivity contribution is -0.115. The van der Waals surface area contributed by atoms with Crippen LogP contribution in [0.1, 0.15) is 42.1 Å². The van der Waals surface area contributed by atoms with Gasteiger partial charge in [-0.15, -0.1) is 0 Å². The number of amides is 1. The second-order valence-electron chi connectivity index (χ2n) is 7.15. The van der Waals surface area contributed by atoms with Crippen LogP contribution in [0, 0.1) is 11.8 Å². The summed E-state index contributed by atoms with van der Waals surface area (Å²) in [5.74, 6) is 1.29. The van der Waals surface area contributed by atoms with Gasteiger partial charge in [0.15, 0.2) is 5.78 Å². The molecule has 1 aromatic carbocycles. The Labute approximate surface area is 130 Å². The highest BCUT2D eigenvalue weighted by molar-refractivity contribution is 6.02. The zero-order valence-electron chi connectivity index (χ0n) is 13.0. The summed E-state index contributed by atoms with van der Waals surface area (Å²) in [4.78, 5) is 26.6. The normalized spacial score (nSPS) is 27.8. The summed E-state index contributed by atoms with van der Waals surface area (Å²) in [7, 11) is 0. The van der Waals surface area contributed by atoms with Crippen LogP contribution in [-0.2, 0) is 11.2 Å². The van der Waals surface area contributed by atoms with Gasteiger partial charge in [-0.25, -0.2) is 0 Å². The predicted octanol–water partition coefficient (Wildman–Crippen LogP) is 2.48. The van der Waals surface area contributed by atoms with E-state index in [-0.39, 0.29) is 11.7 Å². The van der Waals surface area contributed by atoms with E-state index in [1.807, 2.05) is 18.2 Å². The van der Waals surface area contributed by atoms with Gasteiger partial charge in [-0.1, -0.05) is 19.1 Å². The number of anilines is 1. The first-order chi connectivity index (χ1) is 10.6. The van der Waals surface area contributed by atoms with E-state index in [0.29, 0.717) is 24.7 Å². The number of hydrogen-bond acceptors (Lipinski definition) is 3. The quantitative estimate of drug-likeness (QED) is 0.869.